The molecule has 1 heterocycles. The number of hydrogen-bond acceptors (Lipinski definition) is 6. The summed E-state index contributed by atoms with van der Waals surface area (Å²) in [5.74, 6) is 0.778. The predicted octanol–water partition coefficient (Wildman–Crippen LogP) is 3.32. The van der Waals surface area contributed by atoms with Crippen LogP contribution in [0, 0.1) is 0 Å². The molecule has 0 saturated carbocycles. The quantitative estimate of drug-likeness (QED) is 0.509. The molecule has 1 atom stereocenters. The Kier molecular flexibility index (Phi) is 6.88. The fourth-order valence-electron chi connectivity index (χ4n) is 2.77. The van der Waals surface area contributed by atoms with Gasteiger partial charge in [0.05, 0.1) is 0 Å². The molecule has 0 spiro atoms. The van der Waals surface area contributed by atoms with Gasteiger partial charge >= 0.3 is 0 Å². The zero-order valence-corrected chi connectivity index (χ0v) is 17.5. The van der Waals surface area contributed by atoms with Gasteiger partial charge in [-0.3, -0.25) is 14.3 Å². The van der Waals surface area contributed by atoms with E-state index in [2.05, 4.69) is 10.4 Å². The van der Waals surface area contributed by atoms with Gasteiger partial charge in [-0.25, -0.2) is 0 Å². The van der Waals surface area contributed by atoms with Gasteiger partial charge in [0.1, 0.15) is 17.2 Å². The number of ether oxygens (including phenoxy) is 3. The van der Waals surface area contributed by atoms with Crippen LogP contribution in [-0.4, -0.2) is 35.0 Å². The first-order valence-corrected chi connectivity index (χ1v) is 9.61. The first kappa shape index (κ1) is 21.8. The summed E-state index contributed by atoms with van der Waals surface area (Å²) < 4.78 is 18.6. The number of hydrogen-bond donors (Lipinski definition) is 2. The highest BCUT2D eigenvalue weighted by atomic mass is 16.7. The number of primary amides is 1. The first-order valence-electron chi connectivity index (χ1n) is 9.61. The van der Waals surface area contributed by atoms with Crippen molar-refractivity contribution in [1.29, 1.82) is 0 Å². The summed E-state index contributed by atoms with van der Waals surface area (Å²) in [6.45, 7) is 1.92. The smallest absolute Gasteiger partial charge is 0.257 e. The van der Waals surface area contributed by atoms with E-state index in [9.17, 15) is 9.59 Å². The highest BCUT2D eigenvalue weighted by Crippen LogP contribution is 2.29. The van der Waals surface area contributed by atoms with Crippen molar-refractivity contribution < 1.29 is 23.8 Å². The summed E-state index contributed by atoms with van der Waals surface area (Å²) in [7, 11) is 3.30. The van der Waals surface area contributed by atoms with Crippen LogP contribution in [0.15, 0.2) is 54.7 Å². The second kappa shape index (κ2) is 9.77. The molecule has 1 aromatic heterocycles. The molecule has 3 aromatic rings. The van der Waals surface area contributed by atoms with Gasteiger partial charge in [0.15, 0.2) is 12.1 Å². The third kappa shape index (κ3) is 5.83. The van der Waals surface area contributed by atoms with Gasteiger partial charge in [0, 0.05) is 50.0 Å². The normalized spacial score (nSPS) is 11.6. The molecule has 1 unspecified atom stereocenters. The van der Waals surface area contributed by atoms with Gasteiger partial charge in [-0.2, -0.15) is 5.10 Å². The zero-order valence-electron chi connectivity index (χ0n) is 17.5. The maximum atomic E-state index is 12.8. The van der Waals surface area contributed by atoms with E-state index in [1.807, 2.05) is 6.92 Å². The first-order chi connectivity index (χ1) is 14.9. The number of nitrogens with zero attached hydrogens (tertiary/aromatic N) is 2. The largest absolute Gasteiger partial charge is 0.465 e. The lowest BCUT2D eigenvalue weighted by Crippen LogP contribution is -2.18. The Bertz CT molecular complexity index is 1060. The van der Waals surface area contributed by atoms with Crippen LogP contribution in [-0.2, 0) is 11.8 Å². The average molecular weight is 424 g/mol. The third-order valence-electron chi connectivity index (χ3n) is 4.34. The molecular weight excluding hydrogens is 400 g/mol. The summed E-state index contributed by atoms with van der Waals surface area (Å²) in [6, 6.07) is 12.9. The minimum atomic E-state index is -0.527. The summed E-state index contributed by atoms with van der Waals surface area (Å²) in [4.78, 5) is 24.0. The van der Waals surface area contributed by atoms with Crippen LogP contribution >= 0.6 is 0 Å². The van der Waals surface area contributed by atoms with E-state index in [-0.39, 0.29) is 5.91 Å². The molecule has 0 aliphatic heterocycles. The molecule has 9 nitrogen and oxygen atoms in total. The number of rotatable bonds is 9. The van der Waals surface area contributed by atoms with Crippen LogP contribution in [0.4, 0.5) is 5.82 Å². The standard InChI is InChI=1S/C22H24N4O5/c1-4-20(29-3)31-18-12-15(22(28)24-19-9-10-26(2)25-19)11-17(13-18)30-16-7-5-14(6-8-16)21(23)27/h5-13,20H,4H2,1-3H3,(H2,23,27)(H,24,25,28). The molecular formula is C22H24N4O5. The van der Waals surface area contributed by atoms with Crippen molar-refractivity contribution in [3.8, 4) is 17.2 Å². The Morgan fingerprint density at radius 2 is 1.77 bits per heavy atom. The SMILES string of the molecule is CCC(OC)Oc1cc(Oc2ccc(C(N)=O)cc2)cc(C(=O)Nc2ccn(C)n2)c1. The number of nitrogens with two attached hydrogens (primary N) is 1. The van der Waals surface area contributed by atoms with Crippen LogP contribution < -0.4 is 20.5 Å². The monoisotopic (exact) mass is 424 g/mol. The van der Waals surface area contributed by atoms with Crippen molar-refractivity contribution in [2.24, 2.45) is 12.8 Å². The fraction of sp³-hybridized carbons (Fsp3) is 0.227. The van der Waals surface area contributed by atoms with E-state index in [0.29, 0.717) is 40.6 Å². The van der Waals surface area contributed by atoms with Crippen LogP contribution in [0.25, 0.3) is 0 Å². The van der Waals surface area contributed by atoms with Crippen molar-refractivity contribution in [2.45, 2.75) is 19.6 Å². The topological polar surface area (TPSA) is 118 Å². The lowest BCUT2D eigenvalue weighted by Gasteiger charge is -2.17. The molecule has 0 fully saturated rings. The molecule has 0 saturated heterocycles. The molecule has 2 aromatic carbocycles. The Balaban J connectivity index is 1.88. The van der Waals surface area contributed by atoms with Crippen molar-refractivity contribution in [3.05, 3.63) is 65.9 Å². The minimum Gasteiger partial charge on any atom is -0.465 e. The van der Waals surface area contributed by atoms with Crippen LogP contribution in [0.2, 0.25) is 0 Å². The Morgan fingerprint density at radius 1 is 1.06 bits per heavy atom. The maximum absolute atomic E-state index is 12.8. The van der Waals surface area contributed by atoms with Crippen LogP contribution in [0.1, 0.15) is 34.1 Å². The molecule has 0 bridgehead atoms. The van der Waals surface area contributed by atoms with Gasteiger partial charge in [-0.15, -0.1) is 0 Å². The lowest BCUT2D eigenvalue weighted by molar-refractivity contribution is -0.0549. The van der Waals surface area contributed by atoms with Crippen molar-refractivity contribution in [1.82, 2.24) is 9.78 Å². The molecule has 9 heteroatoms. The predicted molar refractivity (Wildman–Crippen MR) is 114 cm³/mol. The molecule has 162 valence electrons. The lowest BCUT2D eigenvalue weighted by atomic mass is 10.1. The zero-order chi connectivity index (χ0) is 22.4. The average Bonchev–Trinajstić information content (AvgIpc) is 3.16. The van der Waals surface area contributed by atoms with E-state index in [1.54, 1.807) is 73.6 Å². The van der Waals surface area contributed by atoms with Gasteiger partial charge in [-0.05, 0) is 36.4 Å². The second-order valence-corrected chi connectivity index (χ2v) is 6.70. The Labute approximate surface area is 179 Å². The van der Waals surface area contributed by atoms with E-state index in [1.165, 1.54) is 0 Å². The Hall–Kier alpha value is -3.85. The van der Waals surface area contributed by atoms with Crippen LogP contribution in [0.5, 0.6) is 17.2 Å². The molecule has 3 N–H and O–H groups in total. The molecule has 0 aliphatic carbocycles. The number of amides is 2. The molecule has 2 amide bonds. The van der Waals surface area contributed by atoms with E-state index >= 15 is 0 Å². The summed E-state index contributed by atoms with van der Waals surface area (Å²) in [6.07, 6.45) is 1.87. The van der Waals surface area contributed by atoms with E-state index in [4.69, 9.17) is 19.9 Å². The van der Waals surface area contributed by atoms with Crippen molar-refractivity contribution in [2.75, 3.05) is 12.4 Å². The number of nitrogens with one attached hydrogen (secondary N) is 1. The second-order valence-electron chi connectivity index (χ2n) is 6.70. The highest BCUT2D eigenvalue weighted by Gasteiger charge is 2.15. The minimum absolute atomic E-state index is 0.317. The number of anilines is 1. The van der Waals surface area contributed by atoms with Gasteiger partial charge in [0.2, 0.25) is 5.91 Å². The number of carbonyl (C=O) groups is 2. The molecule has 31 heavy (non-hydrogen) atoms. The number of aryl methyl sites for hydroxylation is 1. The van der Waals surface area contributed by atoms with Crippen LogP contribution in [0.3, 0.4) is 0 Å². The van der Waals surface area contributed by atoms with Gasteiger partial charge < -0.3 is 25.3 Å². The summed E-state index contributed by atoms with van der Waals surface area (Å²) in [5, 5.41) is 6.88. The molecule has 0 radical (unpaired) electrons. The number of benzene rings is 2. The molecule has 0 aliphatic rings. The number of methoxy groups -OCH3 is 1. The van der Waals surface area contributed by atoms with E-state index < -0.39 is 12.2 Å². The van der Waals surface area contributed by atoms with E-state index in [0.717, 1.165) is 0 Å². The molecule has 3 rings (SSSR count). The number of aromatic nitrogens is 2. The fourth-order valence-corrected chi connectivity index (χ4v) is 2.77. The summed E-state index contributed by atoms with van der Waals surface area (Å²) >= 11 is 0. The van der Waals surface area contributed by atoms with Gasteiger partial charge in [-0.1, -0.05) is 6.92 Å². The Morgan fingerprint density at radius 3 is 2.35 bits per heavy atom. The summed E-state index contributed by atoms with van der Waals surface area (Å²) in [5.41, 5.74) is 5.95. The third-order valence-corrected chi connectivity index (χ3v) is 4.34. The van der Waals surface area contributed by atoms with Crippen molar-refractivity contribution >= 4 is 17.6 Å². The maximum Gasteiger partial charge on any atom is 0.257 e. The number of carbonyl (C=O) groups excluding carboxylic acids is 2. The van der Waals surface area contributed by atoms with Crippen molar-refractivity contribution in [3.63, 3.8) is 0 Å². The van der Waals surface area contributed by atoms with Gasteiger partial charge in [0.25, 0.3) is 5.91 Å². The highest BCUT2D eigenvalue weighted by molar-refractivity contribution is 6.04.